The van der Waals surface area contributed by atoms with Gasteiger partial charge in [0.25, 0.3) is 5.69 Å². The second-order valence-corrected chi connectivity index (χ2v) is 3.75. The summed E-state index contributed by atoms with van der Waals surface area (Å²) >= 11 is 0. The van der Waals surface area contributed by atoms with Gasteiger partial charge in [0.05, 0.1) is 4.92 Å². The highest BCUT2D eigenvalue weighted by Crippen LogP contribution is 2.22. The van der Waals surface area contributed by atoms with Crippen molar-refractivity contribution in [3.8, 4) is 0 Å². The number of hydrogen-bond donors (Lipinski definition) is 0. The van der Waals surface area contributed by atoms with Gasteiger partial charge in [-0.25, -0.2) is 0 Å². The van der Waals surface area contributed by atoms with Crippen molar-refractivity contribution in [1.29, 1.82) is 0 Å². The molecule has 0 heterocycles. The number of nitro groups is 1. The molecule has 102 valence electrons. The summed E-state index contributed by atoms with van der Waals surface area (Å²) in [6, 6.07) is 5.62. The fraction of sp³-hybridized carbons (Fsp3) is 0.333. The van der Waals surface area contributed by atoms with E-state index in [1.165, 1.54) is 32.0 Å². The van der Waals surface area contributed by atoms with Crippen LogP contribution in [0.25, 0.3) is 0 Å². The summed E-state index contributed by atoms with van der Waals surface area (Å²) < 4.78 is 9.76. The minimum atomic E-state index is -0.860. The molecule has 1 rings (SSSR count). The van der Waals surface area contributed by atoms with Crippen LogP contribution in [0.1, 0.15) is 25.5 Å². The number of non-ortho nitro benzene ring substituents is 1. The molecule has 0 aromatic heterocycles. The van der Waals surface area contributed by atoms with E-state index in [2.05, 4.69) is 0 Å². The molecule has 0 unspecified atom stereocenters. The van der Waals surface area contributed by atoms with Crippen LogP contribution in [0, 0.1) is 10.1 Å². The zero-order valence-corrected chi connectivity index (χ0v) is 10.5. The first-order chi connectivity index (χ1) is 8.90. The third-order valence-corrected chi connectivity index (χ3v) is 2.20. The quantitative estimate of drug-likeness (QED) is 0.458. The third kappa shape index (κ3) is 4.74. The Morgan fingerprint density at radius 1 is 1.32 bits per heavy atom. The van der Waals surface area contributed by atoms with E-state index < -0.39 is 23.0 Å². The Balaban J connectivity index is 2.95. The van der Waals surface area contributed by atoms with Crippen molar-refractivity contribution in [2.24, 2.45) is 0 Å². The Labute approximate surface area is 109 Å². The molecule has 0 aliphatic heterocycles. The van der Waals surface area contributed by atoms with Gasteiger partial charge < -0.3 is 9.47 Å². The first kappa shape index (κ1) is 14.6. The zero-order valence-electron chi connectivity index (χ0n) is 10.5. The summed E-state index contributed by atoms with van der Waals surface area (Å²) in [5.74, 6) is -1.09. The van der Waals surface area contributed by atoms with E-state index >= 15 is 0 Å². The maximum absolute atomic E-state index is 11.0. The lowest BCUT2D eigenvalue weighted by molar-refractivity contribution is -0.385. The van der Waals surface area contributed by atoms with Crippen LogP contribution in [0.5, 0.6) is 0 Å². The van der Waals surface area contributed by atoms with Gasteiger partial charge in [0.1, 0.15) is 6.61 Å². The molecule has 0 fully saturated rings. The average molecular weight is 267 g/mol. The van der Waals surface area contributed by atoms with Crippen LogP contribution < -0.4 is 0 Å². The second kappa shape index (κ2) is 6.48. The molecule has 0 bridgehead atoms. The molecule has 1 atom stereocenters. The summed E-state index contributed by atoms with van der Waals surface area (Å²) in [6.45, 7) is 2.24. The lowest BCUT2D eigenvalue weighted by Gasteiger charge is -2.16. The van der Waals surface area contributed by atoms with E-state index in [1.54, 1.807) is 6.07 Å². The highest BCUT2D eigenvalue weighted by Gasteiger charge is 2.19. The molecule has 0 aliphatic rings. The summed E-state index contributed by atoms with van der Waals surface area (Å²) in [5, 5.41) is 10.7. The number of esters is 2. The van der Waals surface area contributed by atoms with E-state index in [0.717, 1.165) is 0 Å². The van der Waals surface area contributed by atoms with Gasteiger partial charge in [0.15, 0.2) is 6.10 Å². The van der Waals surface area contributed by atoms with Crippen LogP contribution in [0.3, 0.4) is 0 Å². The maximum atomic E-state index is 11.0. The van der Waals surface area contributed by atoms with Crippen molar-refractivity contribution < 1.29 is 24.0 Å². The van der Waals surface area contributed by atoms with Crippen molar-refractivity contribution in [1.82, 2.24) is 0 Å². The number of nitro benzene ring substituents is 1. The van der Waals surface area contributed by atoms with Crippen molar-refractivity contribution >= 4 is 17.6 Å². The maximum Gasteiger partial charge on any atom is 0.303 e. The third-order valence-electron chi connectivity index (χ3n) is 2.20. The van der Waals surface area contributed by atoms with Gasteiger partial charge in [-0.2, -0.15) is 0 Å². The first-order valence-electron chi connectivity index (χ1n) is 5.45. The predicted molar refractivity (Wildman–Crippen MR) is 64.2 cm³/mol. The summed E-state index contributed by atoms with van der Waals surface area (Å²) in [6.07, 6.45) is -0.860. The van der Waals surface area contributed by atoms with Gasteiger partial charge >= 0.3 is 11.9 Å². The molecular formula is C12H13NO6. The predicted octanol–water partition coefficient (Wildman–Crippen LogP) is 1.76. The van der Waals surface area contributed by atoms with Crippen LogP contribution in [0.2, 0.25) is 0 Å². The molecule has 0 radical (unpaired) electrons. The van der Waals surface area contributed by atoms with E-state index in [1.807, 2.05) is 0 Å². The van der Waals surface area contributed by atoms with Crippen molar-refractivity contribution in [2.75, 3.05) is 6.61 Å². The minimum absolute atomic E-state index is 0.127. The smallest absolute Gasteiger partial charge is 0.303 e. The van der Waals surface area contributed by atoms with Gasteiger partial charge in [-0.05, 0) is 0 Å². The fourth-order valence-corrected chi connectivity index (χ4v) is 1.43. The molecule has 7 heteroatoms. The number of carbonyl (C=O) groups is 2. The molecule has 0 N–H and O–H groups in total. The second-order valence-electron chi connectivity index (χ2n) is 3.75. The van der Waals surface area contributed by atoms with Gasteiger partial charge in [-0.15, -0.1) is 0 Å². The van der Waals surface area contributed by atoms with Crippen LogP contribution in [0.15, 0.2) is 24.3 Å². The van der Waals surface area contributed by atoms with Crippen molar-refractivity contribution in [3.05, 3.63) is 39.9 Å². The molecule has 19 heavy (non-hydrogen) atoms. The SMILES string of the molecule is CC(=O)OC[C@H](OC(C)=O)c1cccc([N+](=O)[O-])c1. The largest absolute Gasteiger partial charge is 0.462 e. The average Bonchev–Trinajstić information content (AvgIpc) is 2.34. The van der Waals surface area contributed by atoms with Gasteiger partial charge in [0.2, 0.25) is 0 Å². The van der Waals surface area contributed by atoms with Crippen molar-refractivity contribution in [3.63, 3.8) is 0 Å². The normalized spacial score (nSPS) is 11.5. The Morgan fingerprint density at radius 3 is 2.53 bits per heavy atom. The lowest BCUT2D eigenvalue weighted by Crippen LogP contribution is -2.16. The standard InChI is InChI=1S/C12H13NO6/c1-8(14)18-7-12(19-9(2)15)10-4-3-5-11(6-10)13(16)17/h3-6,12H,7H2,1-2H3/t12-/m0/s1. The molecule has 0 spiro atoms. The topological polar surface area (TPSA) is 95.7 Å². The van der Waals surface area contributed by atoms with Crippen LogP contribution in [-0.2, 0) is 19.1 Å². The number of hydrogen-bond acceptors (Lipinski definition) is 6. The van der Waals surface area contributed by atoms with E-state index in [4.69, 9.17) is 9.47 Å². The number of carbonyl (C=O) groups excluding carboxylic acids is 2. The monoisotopic (exact) mass is 267 g/mol. The number of benzene rings is 1. The molecule has 0 aliphatic carbocycles. The fourth-order valence-electron chi connectivity index (χ4n) is 1.43. The highest BCUT2D eigenvalue weighted by molar-refractivity contribution is 5.67. The van der Waals surface area contributed by atoms with E-state index in [-0.39, 0.29) is 12.3 Å². The Hall–Kier alpha value is -2.44. The highest BCUT2D eigenvalue weighted by atomic mass is 16.6. The Kier molecular flexibility index (Phi) is 4.99. The summed E-state index contributed by atoms with van der Waals surface area (Å²) in [4.78, 5) is 31.9. The van der Waals surface area contributed by atoms with Crippen LogP contribution >= 0.6 is 0 Å². The molecule has 0 saturated heterocycles. The molecule has 1 aromatic carbocycles. The summed E-state index contributed by atoms with van der Waals surface area (Å²) in [5.41, 5.74) is 0.267. The minimum Gasteiger partial charge on any atom is -0.462 e. The van der Waals surface area contributed by atoms with Gasteiger partial charge in [-0.3, -0.25) is 19.7 Å². The van der Waals surface area contributed by atoms with E-state index in [9.17, 15) is 19.7 Å². The molecular weight excluding hydrogens is 254 g/mol. The Bertz CT molecular complexity index is 499. The number of nitrogens with zero attached hydrogens (tertiary/aromatic N) is 1. The summed E-state index contributed by atoms with van der Waals surface area (Å²) in [7, 11) is 0. The zero-order chi connectivity index (χ0) is 14.4. The molecule has 7 nitrogen and oxygen atoms in total. The van der Waals surface area contributed by atoms with Crippen molar-refractivity contribution in [2.45, 2.75) is 20.0 Å². The van der Waals surface area contributed by atoms with E-state index in [0.29, 0.717) is 5.56 Å². The molecule has 0 saturated carbocycles. The number of ether oxygens (including phenoxy) is 2. The molecule has 0 amide bonds. The van der Waals surface area contributed by atoms with Gasteiger partial charge in [-0.1, -0.05) is 12.1 Å². The molecule has 1 aromatic rings. The number of rotatable bonds is 5. The first-order valence-corrected chi connectivity index (χ1v) is 5.45. The van der Waals surface area contributed by atoms with Crippen LogP contribution in [0.4, 0.5) is 5.69 Å². The van der Waals surface area contributed by atoms with Crippen LogP contribution in [-0.4, -0.2) is 23.5 Å². The lowest BCUT2D eigenvalue weighted by atomic mass is 10.1. The van der Waals surface area contributed by atoms with Gasteiger partial charge in [0, 0.05) is 31.5 Å². The Morgan fingerprint density at radius 2 is 2.00 bits per heavy atom.